The van der Waals surface area contributed by atoms with Crippen molar-refractivity contribution in [2.45, 2.75) is 6.54 Å². The van der Waals surface area contributed by atoms with Gasteiger partial charge in [0.2, 0.25) is 0 Å². The summed E-state index contributed by atoms with van der Waals surface area (Å²) in [5.41, 5.74) is 17.6. The average Bonchev–Trinajstić information content (AvgIpc) is 3.09. The van der Waals surface area contributed by atoms with Gasteiger partial charge in [0.05, 0.1) is 6.54 Å². The molecule has 2 heterocycles. The van der Waals surface area contributed by atoms with Gasteiger partial charge in [-0.25, -0.2) is 9.50 Å². The van der Waals surface area contributed by atoms with Crippen LogP contribution in [-0.4, -0.2) is 20.8 Å². The van der Waals surface area contributed by atoms with Crippen molar-refractivity contribution in [1.82, 2.24) is 14.6 Å². The molecule has 0 saturated carbocycles. The van der Waals surface area contributed by atoms with Gasteiger partial charge in [-0.3, -0.25) is 4.99 Å². The summed E-state index contributed by atoms with van der Waals surface area (Å²) in [4.78, 5) is 8.55. The van der Waals surface area contributed by atoms with Crippen LogP contribution < -0.4 is 11.5 Å². The quantitative estimate of drug-likeness (QED) is 0.440. The van der Waals surface area contributed by atoms with E-state index in [2.05, 4.69) is 27.2 Å². The van der Waals surface area contributed by atoms with Crippen LogP contribution in [0.2, 0.25) is 0 Å². The Morgan fingerprint density at radius 2 is 1.88 bits per heavy atom. The van der Waals surface area contributed by atoms with Crippen LogP contribution in [0.15, 0.2) is 72.1 Å². The third kappa shape index (κ3) is 3.00. The number of nitrogens with zero attached hydrogens (tertiary/aromatic N) is 4. The van der Waals surface area contributed by atoms with E-state index in [-0.39, 0.29) is 0 Å². The molecule has 128 valence electrons. The minimum absolute atomic E-state index is 0.437. The number of fused-ring (bicyclic) bond motifs is 1. The summed E-state index contributed by atoms with van der Waals surface area (Å²) in [5.74, 6) is 0.437. The first-order valence-corrected chi connectivity index (χ1v) is 8.24. The van der Waals surface area contributed by atoms with Crippen LogP contribution in [0.1, 0.15) is 11.1 Å². The number of nitrogens with two attached hydrogens (primary N) is 2. The zero-order valence-electron chi connectivity index (χ0n) is 14.1. The molecule has 0 aliphatic carbocycles. The van der Waals surface area contributed by atoms with Gasteiger partial charge >= 0.3 is 0 Å². The Hall–Kier alpha value is -3.67. The number of nitrogen functional groups attached to an aromatic ring is 2. The normalized spacial score (nSPS) is 11.4. The number of rotatable bonds is 4. The fourth-order valence-corrected chi connectivity index (χ4v) is 2.90. The molecule has 2 aromatic carbocycles. The van der Waals surface area contributed by atoms with Gasteiger partial charge in [0.1, 0.15) is 11.8 Å². The SMILES string of the molecule is Nc1cc(-c2ccn3ncnc(N)c23)ccc1C=NCc1ccccc1. The Balaban J connectivity index is 1.61. The summed E-state index contributed by atoms with van der Waals surface area (Å²) in [5, 5.41) is 4.17. The maximum Gasteiger partial charge on any atom is 0.151 e. The number of aliphatic imine (C=N–C) groups is 1. The molecule has 0 unspecified atom stereocenters. The Bertz CT molecular complexity index is 1080. The van der Waals surface area contributed by atoms with Gasteiger partial charge in [0.15, 0.2) is 5.82 Å². The first-order chi connectivity index (χ1) is 12.7. The molecule has 6 heteroatoms. The molecular weight excluding hydrogens is 324 g/mol. The number of anilines is 2. The van der Waals surface area contributed by atoms with E-state index in [0.717, 1.165) is 27.8 Å². The molecule has 0 amide bonds. The zero-order valence-corrected chi connectivity index (χ0v) is 14.1. The smallest absolute Gasteiger partial charge is 0.151 e. The Morgan fingerprint density at radius 3 is 2.69 bits per heavy atom. The second-order valence-corrected chi connectivity index (χ2v) is 5.97. The molecule has 4 rings (SSSR count). The summed E-state index contributed by atoms with van der Waals surface area (Å²) in [6.07, 6.45) is 5.10. The van der Waals surface area contributed by atoms with Crippen LogP contribution in [0.3, 0.4) is 0 Å². The van der Waals surface area contributed by atoms with Crippen molar-refractivity contribution in [2.24, 2.45) is 4.99 Å². The lowest BCUT2D eigenvalue weighted by Crippen LogP contribution is -1.99. The van der Waals surface area contributed by atoms with Crippen molar-refractivity contribution >= 4 is 23.2 Å². The summed E-state index contributed by atoms with van der Waals surface area (Å²) in [7, 11) is 0. The van der Waals surface area contributed by atoms with Gasteiger partial charge in [-0.1, -0.05) is 42.5 Å². The topological polar surface area (TPSA) is 94.6 Å². The number of hydrogen-bond donors (Lipinski definition) is 2. The predicted molar refractivity (Wildman–Crippen MR) is 105 cm³/mol. The standard InChI is InChI=1S/C20H18N6/c21-18-10-15(17-8-9-26-19(17)20(22)24-13-25-26)6-7-16(18)12-23-11-14-4-2-1-3-5-14/h1-10,12-13H,11,21H2,(H2,22,24,25). The van der Waals surface area contributed by atoms with Crippen molar-refractivity contribution in [1.29, 1.82) is 0 Å². The highest BCUT2D eigenvalue weighted by atomic mass is 15.2. The molecule has 0 fully saturated rings. The molecular formula is C20H18N6. The van der Waals surface area contributed by atoms with E-state index in [4.69, 9.17) is 11.5 Å². The maximum atomic E-state index is 6.23. The van der Waals surface area contributed by atoms with Gasteiger partial charge in [0, 0.05) is 29.2 Å². The molecule has 0 aliphatic heterocycles. The molecule has 0 atom stereocenters. The first kappa shape index (κ1) is 15.8. The van der Waals surface area contributed by atoms with E-state index in [1.54, 1.807) is 10.7 Å². The van der Waals surface area contributed by atoms with Crippen LogP contribution in [0.4, 0.5) is 11.5 Å². The third-order valence-corrected chi connectivity index (χ3v) is 4.23. The molecule has 2 aromatic heterocycles. The average molecular weight is 342 g/mol. The van der Waals surface area contributed by atoms with Crippen LogP contribution >= 0.6 is 0 Å². The van der Waals surface area contributed by atoms with Gasteiger partial charge in [-0.15, -0.1) is 0 Å². The minimum atomic E-state index is 0.437. The van der Waals surface area contributed by atoms with Crippen LogP contribution in [-0.2, 0) is 6.54 Å². The van der Waals surface area contributed by atoms with E-state index >= 15 is 0 Å². The van der Waals surface area contributed by atoms with E-state index in [1.165, 1.54) is 6.33 Å². The molecule has 26 heavy (non-hydrogen) atoms. The number of benzene rings is 2. The highest BCUT2D eigenvalue weighted by molar-refractivity contribution is 5.92. The summed E-state index contributed by atoms with van der Waals surface area (Å²) in [6, 6.07) is 17.9. The van der Waals surface area contributed by atoms with Crippen molar-refractivity contribution in [3.63, 3.8) is 0 Å². The van der Waals surface area contributed by atoms with Crippen molar-refractivity contribution in [2.75, 3.05) is 11.5 Å². The van der Waals surface area contributed by atoms with Crippen LogP contribution in [0.25, 0.3) is 16.6 Å². The lowest BCUT2D eigenvalue weighted by molar-refractivity contribution is 0.908. The fourth-order valence-electron chi connectivity index (χ4n) is 2.90. The largest absolute Gasteiger partial charge is 0.398 e. The second kappa shape index (κ2) is 6.68. The van der Waals surface area contributed by atoms with E-state index in [9.17, 15) is 0 Å². The lowest BCUT2D eigenvalue weighted by Gasteiger charge is -2.06. The van der Waals surface area contributed by atoms with Crippen LogP contribution in [0, 0.1) is 0 Å². The Labute approximate surface area is 150 Å². The Morgan fingerprint density at radius 1 is 1.04 bits per heavy atom. The van der Waals surface area contributed by atoms with Gasteiger partial charge < -0.3 is 11.5 Å². The summed E-state index contributed by atoms with van der Waals surface area (Å²) >= 11 is 0. The number of aromatic nitrogens is 3. The molecule has 0 saturated heterocycles. The lowest BCUT2D eigenvalue weighted by atomic mass is 10.0. The van der Waals surface area contributed by atoms with E-state index < -0.39 is 0 Å². The molecule has 4 N–H and O–H groups in total. The third-order valence-electron chi connectivity index (χ3n) is 4.23. The predicted octanol–water partition coefficient (Wildman–Crippen LogP) is 3.18. The van der Waals surface area contributed by atoms with Gasteiger partial charge in [-0.2, -0.15) is 5.10 Å². The first-order valence-electron chi connectivity index (χ1n) is 8.24. The molecule has 4 aromatic rings. The summed E-state index contributed by atoms with van der Waals surface area (Å²) in [6.45, 7) is 0.625. The fraction of sp³-hybridized carbons (Fsp3) is 0.0500. The second-order valence-electron chi connectivity index (χ2n) is 5.97. The molecule has 6 nitrogen and oxygen atoms in total. The molecule has 0 aliphatic rings. The van der Waals surface area contributed by atoms with Crippen molar-refractivity contribution < 1.29 is 0 Å². The zero-order chi connectivity index (χ0) is 17.9. The summed E-state index contributed by atoms with van der Waals surface area (Å²) < 4.78 is 1.71. The highest BCUT2D eigenvalue weighted by Crippen LogP contribution is 2.30. The van der Waals surface area contributed by atoms with Crippen molar-refractivity contribution in [3.8, 4) is 11.1 Å². The molecule has 0 bridgehead atoms. The Kier molecular flexibility index (Phi) is 4.07. The number of hydrogen-bond acceptors (Lipinski definition) is 5. The maximum absolute atomic E-state index is 6.23. The van der Waals surface area contributed by atoms with E-state index in [1.807, 2.05) is 48.7 Å². The molecule has 0 radical (unpaired) electrons. The monoisotopic (exact) mass is 342 g/mol. The van der Waals surface area contributed by atoms with Gasteiger partial charge in [-0.05, 0) is 23.3 Å². The van der Waals surface area contributed by atoms with E-state index in [0.29, 0.717) is 18.1 Å². The minimum Gasteiger partial charge on any atom is -0.398 e. The molecule has 0 spiro atoms. The van der Waals surface area contributed by atoms with Crippen LogP contribution in [0.5, 0.6) is 0 Å². The van der Waals surface area contributed by atoms with Crippen molar-refractivity contribution in [3.05, 3.63) is 78.2 Å². The highest BCUT2D eigenvalue weighted by Gasteiger charge is 2.10. The van der Waals surface area contributed by atoms with Gasteiger partial charge in [0.25, 0.3) is 0 Å².